The van der Waals surface area contributed by atoms with Gasteiger partial charge in [0.1, 0.15) is 11.4 Å². The van der Waals surface area contributed by atoms with Gasteiger partial charge in [-0.25, -0.2) is 4.79 Å². The second-order valence-corrected chi connectivity index (χ2v) is 8.83. The molecular formula is C24H33N5O4. The molecule has 0 unspecified atom stereocenters. The fraction of sp³-hybridized carbons (Fsp3) is 0.542. The predicted molar refractivity (Wildman–Crippen MR) is 127 cm³/mol. The number of anilines is 1. The summed E-state index contributed by atoms with van der Waals surface area (Å²) in [6.45, 7) is 4.69. The zero-order valence-electron chi connectivity index (χ0n) is 18.9. The van der Waals surface area contributed by atoms with Crippen LogP contribution in [0.3, 0.4) is 0 Å². The predicted octanol–water partition coefficient (Wildman–Crippen LogP) is 1.65. The zero-order chi connectivity index (χ0) is 23.0. The molecule has 2 aliphatic rings. The molecule has 1 aromatic heterocycles. The number of hydrogen-bond acceptors (Lipinski definition) is 6. The summed E-state index contributed by atoms with van der Waals surface area (Å²) >= 11 is 0. The lowest BCUT2D eigenvalue weighted by atomic mass is 9.82. The lowest BCUT2D eigenvalue weighted by Gasteiger charge is -2.29. The van der Waals surface area contributed by atoms with Gasteiger partial charge >= 0.3 is 5.69 Å². The monoisotopic (exact) mass is 455 g/mol. The maximum absolute atomic E-state index is 13.0. The minimum Gasteiger partial charge on any atom is -0.379 e. The molecule has 1 saturated heterocycles. The highest BCUT2D eigenvalue weighted by molar-refractivity contribution is 5.97. The second-order valence-electron chi connectivity index (χ2n) is 8.83. The Hall–Kier alpha value is -2.91. The summed E-state index contributed by atoms with van der Waals surface area (Å²) in [4.78, 5) is 44.3. The van der Waals surface area contributed by atoms with Crippen molar-refractivity contribution in [1.29, 1.82) is 0 Å². The number of amides is 1. The van der Waals surface area contributed by atoms with Crippen molar-refractivity contribution < 1.29 is 9.53 Å². The summed E-state index contributed by atoms with van der Waals surface area (Å²) in [6, 6.07) is 10.5. The van der Waals surface area contributed by atoms with Crippen LogP contribution in [0, 0.1) is 0 Å². The van der Waals surface area contributed by atoms with Gasteiger partial charge in [0.25, 0.3) is 11.5 Å². The molecule has 0 radical (unpaired) electrons. The third kappa shape index (κ3) is 6.33. The number of aromatic amines is 2. The molecular weight excluding hydrogens is 422 g/mol. The second kappa shape index (κ2) is 11.3. The molecule has 2 heterocycles. The minimum absolute atomic E-state index is 0.000283. The van der Waals surface area contributed by atoms with E-state index in [1.54, 1.807) is 0 Å². The molecule has 4 N–H and O–H groups in total. The Bertz CT molecular complexity index is 1020. The SMILES string of the molecule is O=C(NC1CCC(c2ccccc2)CC1)c1[nH]c(=O)[nH]c(=O)c1NCCCN1CCOCC1. The number of aromatic nitrogens is 2. The molecule has 0 spiro atoms. The number of morpholine rings is 1. The van der Waals surface area contributed by atoms with Gasteiger partial charge in [-0.1, -0.05) is 30.3 Å². The van der Waals surface area contributed by atoms with Gasteiger partial charge in [0, 0.05) is 25.7 Å². The molecule has 2 fully saturated rings. The van der Waals surface area contributed by atoms with Crippen LogP contribution in [0.1, 0.15) is 54.1 Å². The average Bonchev–Trinajstić information content (AvgIpc) is 2.84. The molecule has 2 aromatic rings. The lowest BCUT2D eigenvalue weighted by molar-refractivity contribution is 0.0378. The lowest BCUT2D eigenvalue weighted by Crippen LogP contribution is -2.40. The van der Waals surface area contributed by atoms with E-state index in [0.29, 0.717) is 12.5 Å². The van der Waals surface area contributed by atoms with Crippen LogP contribution in [0.5, 0.6) is 0 Å². The number of benzene rings is 1. The maximum atomic E-state index is 13.0. The fourth-order valence-corrected chi connectivity index (χ4v) is 4.72. The van der Waals surface area contributed by atoms with E-state index in [2.05, 4.69) is 49.8 Å². The molecule has 178 valence electrons. The molecule has 1 amide bonds. The van der Waals surface area contributed by atoms with Crippen LogP contribution >= 0.6 is 0 Å². The quantitative estimate of drug-likeness (QED) is 0.450. The molecule has 0 atom stereocenters. The van der Waals surface area contributed by atoms with Crippen LogP contribution < -0.4 is 21.9 Å². The first-order valence-corrected chi connectivity index (χ1v) is 11.9. The minimum atomic E-state index is -0.684. The summed E-state index contributed by atoms with van der Waals surface area (Å²) in [7, 11) is 0. The number of ether oxygens (including phenoxy) is 1. The van der Waals surface area contributed by atoms with Crippen molar-refractivity contribution in [3.63, 3.8) is 0 Å². The number of carbonyl (C=O) groups excluding carboxylic acids is 1. The van der Waals surface area contributed by atoms with Crippen molar-refractivity contribution in [2.75, 3.05) is 44.7 Å². The third-order valence-electron chi connectivity index (χ3n) is 6.56. The summed E-state index contributed by atoms with van der Waals surface area (Å²) in [5.41, 5.74) is 0.192. The van der Waals surface area contributed by atoms with Crippen LogP contribution in [-0.4, -0.2) is 66.2 Å². The molecule has 1 saturated carbocycles. The highest BCUT2D eigenvalue weighted by atomic mass is 16.5. The van der Waals surface area contributed by atoms with E-state index in [0.717, 1.165) is 65.0 Å². The number of hydrogen-bond donors (Lipinski definition) is 4. The molecule has 9 nitrogen and oxygen atoms in total. The first kappa shape index (κ1) is 23.3. The number of nitrogens with zero attached hydrogens (tertiary/aromatic N) is 1. The summed E-state index contributed by atoms with van der Waals surface area (Å²) in [5, 5.41) is 6.08. The molecule has 0 bridgehead atoms. The Labute approximate surface area is 192 Å². The summed E-state index contributed by atoms with van der Waals surface area (Å²) in [5.74, 6) is 0.0828. The van der Waals surface area contributed by atoms with Crippen molar-refractivity contribution in [1.82, 2.24) is 20.2 Å². The van der Waals surface area contributed by atoms with Crippen LogP contribution in [0.25, 0.3) is 0 Å². The van der Waals surface area contributed by atoms with Crippen molar-refractivity contribution in [3.05, 3.63) is 62.4 Å². The van der Waals surface area contributed by atoms with Crippen molar-refractivity contribution >= 4 is 11.6 Å². The Morgan fingerprint density at radius 3 is 2.48 bits per heavy atom. The first-order chi connectivity index (χ1) is 16.1. The number of nitrogens with one attached hydrogen (secondary N) is 4. The Kier molecular flexibility index (Phi) is 7.96. The molecule has 9 heteroatoms. The molecule has 4 rings (SSSR count). The number of H-pyrrole nitrogens is 2. The van der Waals surface area contributed by atoms with E-state index < -0.39 is 17.2 Å². The zero-order valence-corrected chi connectivity index (χ0v) is 18.9. The van der Waals surface area contributed by atoms with E-state index in [1.807, 2.05) is 6.07 Å². The van der Waals surface area contributed by atoms with Crippen molar-refractivity contribution in [3.8, 4) is 0 Å². The van der Waals surface area contributed by atoms with E-state index in [4.69, 9.17) is 4.74 Å². The van der Waals surface area contributed by atoms with Gasteiger partial charge in [-0.3, -0.25) is 19.5 Å². The van der Waals surface area contributed by atoms with Gasteiger partial charge in [0.2, 0.25) is 0 Å². The van der Waals surface area contributed by atoms with Crippen molar-refractivity contribution in [2.24, 2.45) is 0 Å². The smallest absolute Gasteiger partial charge is 0.326 e. The van der Waals surface area contributed by atoms with Gasteiger partial charge in [-0.15, -0.1) is 0 Å². The summed E-state index contributed by atoms with van der Waals surface area (Å²) in [6.07, 6.45) is 4.52. The van der Waals surface area contributed by atoms with E-state index in [1.165, 1.54) is 5.56 Å². The Balaban J connectivity index is 1.33. The van der Waals surface area contributed by atoms with Crippen LogP contribution in [0.4, 0.5) is 5.69 Å². The van der Waals surface area contributed by atoms with Crippen LogP contribution in [0.2, 0.25) is 0 Å². The molecule has 1 aromatic carbocycles. The standard InChI is InChI=1S/C24H33N5O4/c30-22-20(25-11-4-12-29-13-15-33-16-14-29)21(27-24(32)28-22)23(31)26-19-9-7-18(8-10-19)17-5-2-1-3-6-17/h1-3,5-6,18-19,25H,4,7-16H2,(H,26,31)(H2,27,28,30,32). The van der Waals surface area contributed by atoms with Gasteiger partial charge in [0.05, 0.1) is 13.2 Å². The van der Waals surface area contributed by atoms with E-state index >= 15 is 0 Å². The van der Waals surface area contributed by atoms with Gasteiger partial charge < -0.3 is 20.4 Å². The van der Waals surface area contributed by atoms with Crippen LogP contribution in [0.15, 0.2) is 39.9 Å². The van der Waals surface area contributed by atoms with Gasteiger partial charge in [0.15, 0.2) is 0 Å². The first-order valence-electron chi connectivity index (χ1n) is 11.9. The summed E-state index contributed by atoms with van der Waals surface area (Å²) < 4.78 is 5.35. The highest BCUT2D eigenvalue weighted by Gasteiger charge is 2.25. The number of carbonyl (C=O) groups is 1. The average molecular weight is 456 g/mol. The van der Waals surface area contributed by atoms with E-state index in [-0.39, 0.29) is 17.4 Å². The van der Waals surface area contributed by atoms with E-state index in [9.17, 15) is 14.4 Å². The number of rotatable bonds is 8. The van der Waals surface area contributed by atoms with Gasteiger partial charge in [-0.05, 0) is 50.1 Å². The molecule has 1 aliphatic carbocycles. The van der Waals surface area contributed by atoms with Crippen molar-refractivity contribution in [2.45, 2.75) is 44.1 Å². The maximum Gasteiger partial charge on any atom is 0.326 e. The van der Waals surface area contributed by atoms with Crippen LogP contribution in [-0.2, 0) is 4.74 Å². The Morgan fingerprint density at radius 2 is 1.76 bits per heavy atom. The largest absolute Gasteiger partial charge is 0.379 e. The topological polar surface area (TPSA) is 119 Å². The highest BCUT2D eigenvalue weighted by Crippen LogP contribution is 2.32. The third-order valence-corrected chi connectivity index (χ3v) is 6.56. The fourth-order valence-electron chi connectivity index (χ4n) is 4.72. The Morgan fingerprint density at radius 1 is 1.03 bits per heavy atom. The van der Waals surface area contributed by atoms with Gasteiger partial charge in [-0.2, -0.15) is 0 Å². The molecule has 1 aliphatic heterocycles. The molecule has 33 heavy (non-hydrogen) atoms. The normalized spacial score (nSPS) is 21.5.